The second-order valence-corrected chi connectivity index (χ2v) is 27.7. The molecular weight excluding hydrogens is 1110 g/mol. The molecule has 5 saturated heterocycles. The van der Waals surface area contributed by atoms with Gasteiger partial charge in [-0.3, -0.25) is 0 Å². The van der Waals surface area contributed by atoms with E-state index in [1.54, 1.807) is 0 Å². The number of ether oxygens (including phenoxy) is 10. The summed E-state index contributed by atoms with van der Waals surface area (Å²) in [5.74, 6) is -0.598. The molecule has 26 nitrogen and oxygen atoms in total. The van der Waals surface area contributed by atoms with Gasteiger partial charge in [-0.2, -0.15) is 0 Å². The number of hydrogen-bond acceptors (Lipinski definition) is 26. The second-order valence-electron chi connectivity index (χ2n) is 27.7. The highest BCUT2D eigenvalue weighted by molar-refractivity contribution is 5.21. The molecule has 9 fully saturated rings. The highest BCUT2D eigenvalue weighted by atomic mass is 16.8. The number of aliphatic hydroxyl groups is 16. The molecule has 84 heavy (non-hydrogen) atoms. The minimum Gasteiger partial charge on any atom is -0.394 e. The largest absolute Gasteiger partial charge is 0.394 e. The molecule has 4 aliphatic carbocycles. The van der Waals surface area contributed by atoms with Gasteiger partial charge in [-0.05, 0) is 124 Å². The smallest absolute Gasteiger partial charge is 0.187 e. The molecule has 16 N–H and O–H groups in total. The highest BCUT2D eigenvalue weighted by Gasteiger charge is 2.72. The van der Waals surface area contributed by atoms with E-state index in [1.807, 2.05) is 20.8 Å². The summed E-state index contributed by atoms with van der Waals surface area (Å²) < 4.78 is 60.7. The monoisotopic (exact) mass is 1210 g/mol. The second kappa shape index (κ2) is 25.8. The van der Waals surface area contributed by atoms with E-state index in [2.05, 4.69) is 40.7 Å². The number of rotatable bonds is 18. The first kappa shape index (κ1) is 67.1. The lowest BCUT2D eigenvalue weighted by molar-refractivity contribution is -0.382. The lowest BCUT2D eigenvalue weighted by Crippen LogP contribution is -2.68. The lowest BCUT2D eigenvalue weighted by atomic mass is 9.35. The Morgan fingerprint density at radius 1 is 0.524 bits per heavy atom. The van der Waals surface area contributed by atoms with Gasteiger partial charge in [0.05, 0.1) is 50.8 Å². The zero-order chi connectivity index (χ0) is 61.5. The Kier molecular flexibility index (Phi) is 20.6. The van der Waals surface area contributed by atoms with Crippen LogP contribution in [-0.2, 0) is 47.4 Å². The molecule has 0 radical (unpaired) electrons. The fourth-order valence-electron chi connectivity index (χ4n) is 17.2. The van der Waals surface area contributed by atoms with Crippen LogP contribution in [0.5, 0.6) is 0 Å². The van der Waals surface area contributed by atoms with Gasteiger partial charge in [0.15, 0.2) is 31.5 Å². The molecule has 0 amide bonds. The maximum Gasteiger partial charge on any atom is 0.187 e. The normalized spacial score (nSPS) is 52.9. The van der Waals surface area contributed by atoms with Crippen molar-refractivity contribution in [2.75, 3.05) is 33.0 Å². The average molecular weight is 1210 g/mol. The molecule has 0 bridgehead atoms. The Morgan fingerprint density at radius 3 is 1.68 bits per heavy atom. The summed E-state index contributed by atoms with van der Waals surface area (Å²) in [6.45, 7) is 14.4. The van der Waals surface area contributed by atoms with Gasteiger partial charge < -0.3 is 129 Å². The Bertz CT molecular complexity index is 2210. The van der Waals surface area contributed by atoms with Crippen molar-refractivity contribution in [1.82, 2.24) is 0 Å². The summed E-state index contributed by atoms with van der Waals surface area (Å²) >= 11 is 0. The minimum absolute atomic E-state index is 0.00228. The molecule has 33 atom stereocenters. The van der Waals surface area contributed by atoms with Crippen LogP contribution in [0.4, 0.5) is 0 Å². The van der Waals surface area contributed by atoms with E-state index in [9.17, 15) is 81.7 Å². The van der Waals surface area contributed by atoms with Crippen LogP contribution in [0.25, 0.3) is 0 Å². The Labute approximate surface area is 490 Å². The molecule has 26 heteroatoms. The Balaban J connectivity index is 0.939. The molecule has 0 spiro atoms. The van der Waals surface area contributed by atoms with Crippen LogP contribution in [0.15, 0.2) is 11.6 Å². The van der Waals surface area contributed by atoms with Crippen LogP contribution in [0.2, 0.25) is 0 Å². The summed E-state index contributed by atoms with van der Waals surface area (Å²) in [5, 5.41) is 174. The van der Waals surface area contributed by atoms with Crippen molar-refractivity contribution in [2.45, 2.75) is 272 Å². The third-order valence-electron chi connectivity index (χ3n) is 22.2. The molecule has 0 aromatic carbocycles. The molecule has 5 aliphatic heterocycles. The van der Waals surface area contributed by atoms with Crippen molar-refractivity contribution < 1.29 is 129 Å². The standard InChI is InChI=1S/C58H98O26/c1-24(2)10-9-14-58(8,84-52-47(74)42(69)39(66)30(80-52)23-77-50-45(72)38(65)29(20-60)78-50)25-11-16-57(7)35(25)26(61)18-33-55(5)15-13-34(54(3,4)32(55)12-17-56(33,57)6)82-53-48(83-51-46(73)41(68)37(64)28(19-59)79-51)43(70)40(67)31(81-53)22-76-49-44(71)36(63)27(62)21-75-49/h10,25-53,59-74H,9,11-23H2,1-8H3/t25-,26+,27+,28+,29-,30+,31+,32-,33+,34-,35-,36-,37+,38-,39+,40+,41-,42-,43-,44+,45+,46+,47+,48+,49-,50+,51-,52-,53-,55-,56+,57+,58-/m0/s1. The molecule has 4 saturated carbocycles. The van der Waals surface area contributed by atoms with Gasteiger partial charge >= 0.3 is 0 Å². The number of allylic oxidation sites excluding steroid dienone is 2. The fourth-order valence-corrected chi connectivity index (χ4v) is 17.2. The first-order valence-corrected chi connectivity index (χ1v) is 30.2. The number of aliphatic hydroxyl groups excluding tert-OH is 16. The van der Waals surface area contributed by atoms with Crippen LogP contribution in [0.1, 0.15) is 113 Å². The van der Waals surface area contributed by atoms with Gasteiger partial charge in [-0.1, -0.05) is 46.3 Å². The molecule has 9 aliphatic rings. The van der Waals surface area contributed by atoms with E-state index in [0.29, 0.717) is 38.5 Å². The fraction of sp³-hybridized carbons (Fsp3) is 0.966. The number of fused-ring (bicyclic) bond motifs is 5. The molecule has 0 aromatic heterocycles. The molecule has 5 heterocycles. The van der Waals surface area contributed by atoms with Crippen molar-refractivity contribution >= 4 is 0 Å². The molecule has 486 valence electrons. The van der Waals surface area contributed by atoms with Crippen molar-refractivity contribution in [3.8, 4) is 0 Å². The van der Waals surface area contributed by atoms with Gasteiger partial charge in [0.25, 0.3) is 0 Å². The van der Waals surface area contributed by atoms with Crippen molar-refractivity contribution in [2.24, 2.45) is 45.3 Å². The summed E-state index contributed by atoms with van der Waals surface area (Å²) in [4.78, 5) is 0. The highest BCUT2D eigenvalue weighted by Crippen LogP contribution is 2.76. The van der Waals surface area contributed by atoms with E-state index >= 15 is 0 Å². The maximum absolute atomic E-state index is 12.9. The minimum atomic E-state index is -1.88. The quantitative estimate of drug-likeness (QED) is 0.0477. The van der Waals surface area contributed by atoms with Crippen molar-refractivity contribution in [3.63, 3.8) is 0 Å². The van der Waals surface area contributed by atoms with E-state index in [4.69, 9.17) is 47.4 Å². The average Bonchev–Trinajstić information content (AvgIpc) is 1.25. The Hall–Kier alpha value is -1.30. The van der Waals surface area contributed by atoms with E-state index in [-0.39, 0.29) is 41.1 Å². The van der Waals surface area contributed by atoms with Gasteiger partial charge in [-0.25, -0.2) is 0 Å². The molecular formula is C58H98O26. The SMILES string of the molecule is CC(C)=CCC[C@](C)(O[C@@H]1O[C@H](CO[C@@H]2O[C@@H](CO)[C@H](O)[C@H]2O)[C@@H](O)[C@H](O)[C@H]1O)[C@H]1CC[C@]2(C)[C@@H]1[C@H](O)C[C@@H]1[C@@]3(C)CC[C@H](O[C@@H]4O[C@H](CO[C@@H]5OC[C@@H](O)[C@H](O)[C@H]5O)[C@@H](O)[C@H](O)[C@H]4O[C@@H]4O[C@H](CO)[C@@H](O)[C@H](O)[C@H]4O)C(C)(C)[C@@H]3CC[C@]12C. The summed E-state index contributed by atoms with van der Waals surface area (Å²) in [6.07, 6.45) is -29.9. The van der Waals surface area contributed by atoms with E-state index in [0.717, 1.165) is 24.8 Å². The Morgan fingerprint density at radius 2 is 1.05 bits per heavy atom. The molecule has 9 rings (SSSR count). The van der Waals surface area contributed by atoms with Crippen LogP contribution in [0.3, 0.4) is 0 Å². The molecule has 0 aromatic rings. The van der Waals surface area contributed by atoms with Gasteiger partial charge in [0, 0.05) is 0 Å². The predicted molar refractivity (Wildman–Crippen MR) is 287 cm³/mol. The maximum atomic E-state index is 12.9. The topological polar surface area (TPSA) is 416 Å². The first-order chi connectivity index (χ1) is 39.4. The summed E-state index contributed by atoms with van der Waals surface area (Å²) in [7, 11) is 0. The predicted octanol–water partition coefficient (Wildman–Crippen LogP) is -3.10. The van der Waals surface area contributed by atoms with Gasteiger partial charge in [0.2, 0.25) is 0 Å². The van der Waals surface area contributed by atoms with E-state index in [1.165, 1.54) is 0 Å². The van der Waals surface area contributed by atoms with Crippen LogP contribution >= 0.6 is 0 Å². The van der Waals surface area contributed by atoms with E-state index < -0.39 is 196 Å². The summed E-state index contributed by atoms with van der Waals surface area (Å²) in [6, 6.07) is 0. The van der Waals surface area contributed by atoms with Gasteiger partial charge in [0.1, 0.15) is 110 Å². The van der Waals surface area contributed by atoms with Gasteiger partial charge in [-0.15, -0.1) is 0 Å². The van der Waals surface area contributed by atoms with Crippen LogP contribution in [0, 0.1) is 45.3 Å². The third-order valence-corrected chi connectivity index (χ3v) is 22.2. The van der Waals surface area contributed by atoms with Crippen LogP contribution < -0.4 is 0 Å². The molecule has 0 unspecified atom stereocenters. The first-order valence-electron chi connectivity index (χ1n) is 30.2. The van der Waals surface area contributed by atoms with Crippen molar-refractivity contribution in [3.05, 3.63) is 11.6 Å². The zero-order valence-electron chi connectivity index (χ0n) is 49.5. The van der Waals surface area contributed by atoms with Crippen molar-refractivity contribution in [1.29, 1.82) is 0 Å². The number of hydrogen-bond donors (Lipinski definition) is 16. The summed E-state index contributed by atoms with van der Waals surface area (Å²) in [5.41, 5.74) is -1.78. The third kappa shape index (κ3) is 12.0. The lowest BCUT2D eigenvalue weighted by Gasteiger charge is -2.71. The van der Waals surface area contributed by atoms with Crippen LogP contribution in [-0.4, -0.2) is 274 Å². The zero-order valence-corrected chi connectivity index (χ0v) is 49.5.